The van der Waals surface area contributed by atoms with E-state index in [9.17, 15) is 0 Å². The number of aromatic nitrogens is 3. The van der Waals surface area contributed by atoms with Crippen LogP contribution in [-0.2, 0) is 24.2 Å². The van der Waals surface area contributed by atoms with E-state index in [-0.39, 0.29) is 29.5 Å². The van der Waals surface area contributed by atoms with Crippen molar-refractivity contribution in [2.75, 3.05) is 39.4 Å². The van der Waals surface area contributed by atoms with Gasteiger partial charge in [0, 0.05) is 44.7 Å². The van der Waals surface area contributed by atoms with Gasteiger partial charge in [-0.15, -0.1) is 34.2 Å². The van der Waals surface area contributed by atoms with Gasteiger partial charge < -0.3 is 19.9 Å². The summed E-state index contributed by atoms with van der Waals surface area (Å²) in [4.78, 5) is 7.29. The van der Waals surface area contributed by atoms with E-state index < -0.39 is 0 Å². The van der Waals surface area contributed by atoms with E-state index in [1.165, 1.54) is 5.56 Å². The Hall–Kier alpha value is -1.72. The number of aliphatic imine (C=N–C) groups is 1. The largest absolute Gasteiger partial charge is 0.379 e. The first-order valence-corrected chi connectivity index (χ1v) is 10.8. The Bertz CT molecular complexity index is 788. The number of guanidine groups is 1. The van der Waals surface area contributed by atoms with Crippen LogP contribution in [0.25, 0.3) is 0 Å². The van der Waals surface area contributed by atoms with Gasteiger partial charge in [0.1, 0.15) is 12.2 Å². The Morgan fingerprint density at radius 2 is 1.90 bits per heavy atom. The molecule has 0 saturated carbocycles. The number of rotatable bonds is 9. The topological polar surface area (TPSA) is 79.6 Å². The lowest BCUT2D eigenvalue weighted by molar-refractivity contribution is -0.00834. The molecule has 3 rings (SSSR count). The molecule has 0 aliphatic carbocycles. The van der Waals surface area contributed by atoms with Crippen LogP contribution >= 0.6 is 24.0 Å². The summed E-state index contributed by atoms with van der Waals surface area (Å²) in [5.74, 6) is 1.83. The lowest BCUT2D eigenvalue weighted by Crippen LogP contribution is -2.56. The first kappa shape index (κ1) is 25.5. The molecule has 0 atom stereocenters. The Morgan fingerprint density at radius 1 is 1.16 bits per heavy atom. The van der Waals surface area contributed by atoms with Crippen molar-refractivity contribution in [3.05, 3.63) is 48.0 Å². The van der Waals surface area contributed by atoms with Crippen LogP contribution in [0.5, 0.6) is 0 Å². The lowest BCUT2D eigenvalue weighted by atomic mass is 10.0. The van der Waals surface area contributed by atoms with Gasteiger partial charge in [-0.1, -0.05) is 37.3 Å². The summed E-state index contributed by atoms with van der Waals surface area (Å²) >= 11 is 0. The molecule has 2 N–H and O–H groups in total. The van der Waals surface area contributed by atoms with Gasteiger partial charge in [0.15, 0.2) is 5.96 Å². The fraction of sp³-hybridized carbons (Fsp3) is 0.591. The van der Waals surface area contributed by atoms with Crippen LogP contribution in [0.15, 0.2) is 41.7 Å². The fourth-order valence-corrected chi connectivity index (χ4v) is 3.54. The molecule has 0 radical (unpaired) electrons. The predicted octanol–water partition coefficient (Wildman–Crippen LogP) is 2.30. The highest BCUT2D eigenvalue weighted by Gasteiger charge is 2.28. The summed E-state index contributed by atoms with van der Waals surface area (Å²) in [5, 5.41) is 15.2. The Balaban J connectivity index is 0.00000341. The standard InChI is InChI=1S/C22H35N7O.HI/c1-4-20-27-26-18-28(20)11-10-23-21(24-16-19-8-6-5-7-9-19)25-17-22(2,3)29-12-14-30-15-13-29;/h5-9,18H,4,10-17H2,1-3H3,(H2,23,24,25);1H. The third kappa shape index (κ3) is 8.04. The smallest absolute Gasteiger partial charge is 0.191 e. The first-order chi connectivity index (χ1) is 14.6. The van der Waals surface area contributed by atoms with Crippen LogP contribution in [0.1, 0.15) is 32.2 Å². The fourth-order valence-electron chi connectivity index (χ4n) is 3.54. The summed E-state index contributed by atoms with van der Waals surface area (Å²) in [6.07, 6.45) is 2.66. The maximum Gasteiger partial charge on any atom is 0.191 e. The number of aryl methyl sites for hydroxylation is 1. The van der Waals surface area contributed by atoms with Crippen molar-refractivity contribution in [1.29, 1.82) is 0 Å². The molecule has 0 spiro atoms. The van der Waals surface area contributed by atoms with E-state index in [4.69, 9.17) is 9.73 Å². The van der Waals surface area contributed by atoms with E-state index >= 15 is 0 Å². The molecular formula is C22H36IN7O. The molecule has 9 heteroatoms. The maximum atomic E-state index is 5.50. The van der Waals surface area contributed by atoms with E-state index in [1.54, 1.807) is 6.33 Å². The van der Waals surface area contributed by atoms with Gasteiger partial charge in [-0.25, -0.2) is 4.99 Å². The zero-order chi connectivity index (χ0) is 21.2. The minimum absolute atomic E-state index is 0. The van der Waals surface area contributed by atoms with Crippen LogP contribution in [-0.4, -0.2) is 70.6 Å². The number of halogens is 1. The molecule has 31 heavy (non-hydrogen) atoms. The number of nitrogens with zero attached hydrogens (tertiary/aromatic N) is 5. The normalized spacial score (nSPS) is 15.4. The van der Waals surface area contributed by atoms with Crippen molar-refractivity contribution in [3.8, 4) is 0 Å². The van der Waals surface area contributed by atoms with Crippen LogP contribution in [0.3, 0.4) is 0 Å². The number of hydrogen-bond acceptors (Lipinski definition) is 5. The highest BCUT2D eigenvalue weighted by Crippen LogP contribution is 2.15. The average molecular weight is 541 g/mol. The second kappa shape index (κ2) is 13.0. The second-order valence-electron chi connectivity index (χ2n) is 8.14. The van der Waals surface area contributed by atoms with Gasteiger partial charge in [0.2, 0.25) is 0 Å². The maximum absolute atomic E-state index is 5.50. The van der Waals surface area contributed by atoms with Gasteiger partial charge in [0.05, 0.1) is 19.8 Å². The highest BCUT2D eigenvalue weighted by molar-refractivity contribution is 14.0. The molecule has 0 amide bonds. The summed E-state index contributed by atoms with van der Waals surface area (Å²) in [7, 11) is 0. The number of nitrogens with one attached hydrogen (secondary N) is 2. The molecule has 2 heterocycles. The molecule has 1 fully saturated rings. The second-order valence-corrected chi connectivity index (χ2v) is 8.14. The van der Waals surface area contributed by atoms with Gasteiger partial charge in [0.25, 0.3) is 0 Å². The van der Waals surface area contributed by atoms with Crippen LogP contribution in [0, 0.1) is 0 Å². The van der Waals surface area contributed by atoms with E-state index in [0.29, 0.717) is 6.54 Å². The van der Waals surface area contributed by atoms with Crippen molar-refractivity contribution in [3.63, 3.8) is 0 Å². The zero-order valence-corrected chi connectivity index (χ0v) is 21.2. The van der Waals surface area contributed by atoms with E-state index in [1.807, 2.05) is 18.2 Å². The van der Waals surface area contributed by atoms with Crippen LogP contribution in [0.4, 0.5) is 0 Å². The minimum atomic E-state index is 0. The van der Waals surface area contributed by atoms with Crippen molar-refractivity contribution in [2.45, 2.75) is 45.8 Å². The Kier molecular flexibility index (Phi) is 10.7. The molecule has 1 aromatic heterocycles. The first-order valence-electron chi connectivity index (χ1n) is 10.8. The third-order valence-electron chi connectivity index (χ3n) is 5.48. The Labute approximate surface area is 202 Å². The molecule has 0 unspecified atom stereocenters. The molecular weight excluding hydrogens is 505 g/mol. The van der Waals surface area contributed by atoms with Crippen molar-refractivity contribution in [2.24, 2.45) is 4.99 Å². The number of benzene rings is 1. The number of morpholine rings is 1. The van der Waals surface area contributed by atoms with Crippen molar-refractivity contribution >= 4 is 29.9 Å². The monoisotopic (exact) mass is 541 g/mol. The molecule has 2 aromatic rings. The number of hydrogen-bond donors (Lipinski definition) is 2. The van der Waals surface area contributed by atoms with Crippen LogP contribution in [0.2, 0.25) is 0 Å². The van der Waals surface area contributed by atoms with Crippen molar-refractivity contribution in [1.82, 2.24) is 30.3 Å². The molecule has 1 aliphatic rings. The lowest BCUT2D eigenvalue weighted by Gasteiger charge is -2.41. The quantitative estimate of drug-likeness (QED) is 0.288. The zero-order valence-electron chi connectivity index (χ0n) is 18.9. The molecule has 1 aliphatic heterocycles. The van der Waals surface area contributed by atoms with Gasteiger partial charge >= 0.3 is 0 Å². The molecule has 1 aromatic carbocycles. The van der Waals surface area contributed by atoms with E-state index in [2.05, 4.69) is 63.2 Å². The van der Waals surface area contributed by atoms with Gasteiger partial charge in [-0.2, -0.15) is 0 Å². The summed E-state index contributed by atoms with van der Waals surface area (Å²) in [6.45, 7) is 13.2. The molecule has 0 bridgehead atoms. The summed E-state index contributed by atoms with van der Waals surface area (Å²) in [5.41, 5.74) is 1.21. The average Bonchev–Trinajstić information content (AvgIpc) is 3.24. The molecule has 1 saturated heterocycles. The number of ether oxygens (including phenoxy) is 1. The summed E-state index contributed by atoms with van der Waals surface area (Å²) < 4.78 is 7.59. The van der Waals surface area contributed by atoms with Crippen molar-refractivity contribution < 1.29 is 4.74 Å². The van der Waals surface area contributed by atoms with Gasteiger partial charge in [-0.05, 0) is 19.4 Å². The minimum Gasteiger partial charge on any atom is -0.379 e. The van der Waals surface area contributed by atoms with E-state index in [0.717, 1.165) is 64.1 Å². The third-order valence-corrected chi connectivity index (χ3v) is 5.48. The molecule has 8 nitrogen and oxygen atoms in total. The van der Waals surface area contributed by atoms with Gasteiger partial charge in [-0.3, -0.25) is 4.90 Å². The SMILES string of the molecule is CCc1nncn1CCNC(=NCc1ccccc1)NCC(C)(C)N1CCOCC1.I. The van der Waals surface area contributed by atoms with Crippen LogP contribution < -0.4 is 10.6 Å². The Morgan fingerprint density at radius 3 is 2.61 bits per heavy atom. The molecule has 172 valence electrons. The summed E-state index contributed by atoms with van der Waals surface area (Å²) in [6, 6.07) is 10.3. The predicted molar refractivity (Wildman–Crippen MR) is 135 cm³/mol. The highest BCUT2D eigenvalue weighted by atomic mass is 127.